The van der Waals surface area contributed by atoms with Gasteiger partial charge in [0.1, 0.15) is 0 Å². The molecule has 6 heteroatoms. The Kier molecular flexibility index (Phi) is 4.61. The number of ether oxygens (including phenoxy) is 1. The summed E-state index contributed by atoms with van der Waals surface area (Å²) in [6.07, 6.45) is 1.36. The van der Waals surface area contributed by atoms with Gasteiger partial charge in [-0.25, -0.2) is 4.98 Å². The van der Waals surface area contributed by atoms with Crippen LogP contribution in [0.1, 0.15) is 21.8 Å². The minimum Gasteiger partial charge on any atom is -0.380 e. The quantitative estimate of drug-likeness (QED) is 0.755. The number of methoxy groups -OCH3 is 1. The van der Waals surface area contributed by atoms with E-state index in [9.17, 15) is 4.79 Å². The third-order valence-electron chi connectivity index (χ3n) is 4.73. The summed E-state index contributed by atoms with van der Waals surface area (Å²) >= 11 is 1.60. The van der Waals surface area contributed by atoms with E-state index < -0.39 is 0 Å². The number of carbonyl (C=O) groups is 1. The average molecular weight is 367 g/mol. The molecule has 1 saturated heterocycles. The maximum Gasteiger partial charge on any atom is 0.255 e. The number of fused-ring (bicyclic) bond motifs is 1. The van der Waals surface area contributed by atoms with Gasteiger partial charge in [-0.05, 0) is 55.8 Å². The summed E-state index contributed by atoms with van der Waals surface area (Å²) in [5.74, 6) is -0.105. The van der Waals surface area contributed by atoms with Gasteiger partial charge in [0, 0.05) is 37.1 Å². The second kappa shape index (κ2) is 7.05. The third kappa shape index (κ3) is 3.43. The highest BCUT2D eigenvalue weighted by Gasteiger charge is 2.22. The minimum absolute atomic E-state index is 0.105. The molecule has 1 fully saturated rings. The van der Waals surface area contributed by atoms with Crippen LogP contribution in [0.25, 0.3) is 10.2 Å². The molecule has 1 N–H and O–H groups in total. The number of nitrogens with zero attached hydrogens (tertiary/aromatic N) is 2. The summed E-state index contributed by atoms with van der Waals surface area (Å²) in [4.78, 5) is 19.3. The second-order valence-corrected chi connectivity index (χ2v) is 7.74. The monoisotopic (exact) mass is 367 g/mol. The Morgan fingerprint density at radius 3 is 2.81 bits per heavy atom. The topological polar surface area (TPSA) is 54.5 Å². The van der Waals surface area contributed by atoms with Crippen LogP contribution < -0.4 is 10.2 Å². The van der Waals surface area contributed by atoms with Gasteiger partial charge in [-0.3, -0.25) is 4.79 Å². The second-order valence-electron chi connectivity index (χ2n) is 6.51. The number of aromatic nitrogens is 1. The number of hydrogen-bond donors (Lipinski definition) is 1. The van der Waals surface area contributed by atoms with E-state index in [4.69, 9.17) is 4.74 Å². The number of benzene rings is 2. The third-order valence-corrected chi connectivity index (χ3v) is 5.66. The first-order valence-corrected chi connectivity index (χ1v) is 9.50. The molecular weight excluding hydrogens is 346 g/mol. The Hall–Kier alpha value is -2.44. The summed E-state index contributed by atoms with van der Waals surface area (Å²) in [7, 11) is 1.76. The lowest BCUT2D eigenvalue weighted by Gasteiger charge is -2.18. The number of nitrogens with one attached hydrogen (secondary N) is 1. The number of rotatable bonds is 4. The summed E-state index contributed by atoms with van der Waals surface area (Å²) in [5.41, 5.74) is 3.53. The van der Waals surface area contributed by atoms with Crippen molar-refractivity contribution in [1.82, 2.24) is 4.98 Å². The number of anilines is 2. The zero-order chi connectivity index (χ0) is 18.1. The lowest BCUT2D eigenvalue weighted by atomic mass is 10.2. The molecule has 2 aromatic carbocycles. The molecule has 0 spiro atoms. The summed E-state index contributed by atoms with van der Waals surface area (Å²) in [6.45, 7) is 3.89. The highest BCUT2D eigenvalue weighted by Crippen LogP contribution is 2.25. The molecule has 1 unspecified atom stereocenters. The van der Waals surface area contributed by atoms with Gasteiger partial charge in [0.05, 0.1) is 21.3 Å². The molecule has 0 aliphatic carbocycles. The molecule has 1 aliphatic heterocycles. The van der Waals surface area contributed by atoms with Gasteiger partial charge in [-0.2, -0.15) is 0 Å². The molecular formula is C20H21N3O2S. The molecule has 134 valence electrons. The smallest absolute Gasteiger partial charge is 0.255 e. The maximum atomic E-state index is 12.5. The van der Waals surface area contributed by atoms with Crippen LogP contribution in [-0.2, 0) is 4.74 Å². The van der Waals surface area contributed by atoms with Crippen molar-refractivity contribution in [3.63, 3.8) is 0 Å². The van der Waals surface area contributed by atoms with Crippen molar-refractivity contribution in [3.05, 3.63) is 53.0 Å². The lowest BCUT2D eigenvalue weighted by Crippen LogP contribution is -2.22. The molecule has 0 radical (unpaired) electrons. The van der Waals surface area contributed by atoms with Gasteiger partial charge < -0.3 is 15.0 Å². The first-order chi connectivity index (χ1) is 12.6. The maximum absolute atomic E-state index is 12.5. The van der Waals surface area contributed by atoms with Gasteiger partial charge in [0.25, 0.3) is 5.91 Å². The molecule has 0 bridgehead atoms. The van der Waals surface area contributed by atoms with Crippen molar-refractivity contribution in [2.45, 2.75) is 19.4 Å². The number of carbonyl (C=O) groups excluding carboxylic acids is 1. The van der Waals surface area contributed by atoms with Crippen LogP contribution in [0.4, 0.5) is 11.4 Å². The number of thiazole rings is 1. The predicted octanol–water partition coefficient (Wildman–Crippen LogP) is 4.08. The zero-order valence-electron chi connectivity index (χ0n) is 14.9. The van der Waals surface area contributed by atoms with E-state index in [1.807, 2.05) is 49.4 Å². The van der Waals surface area contributed by atoms with Gasteiger partial charge >= 0.3 is 0 Å². The first kappa shape index (κ1) is 17.0. The van der Waals surface area contributed by atoms with Crippen LogP contribution in [0.15, 0.2) is 42.5 Å². The van der Waals surface area contributed by atoms with E-state index in [1.54, 1.807) is 18.4 Å². The molecule has 1 aliphatic rings. The van der Waals surface area contributed by atoms with Crippen molar-refractivity contribution in [3.8, 4) is 0 Å². The summed E-state index contributed by atoms with van der Waals surface area (Å²) in [6, 6.07) is 13.6. The Morgan fingerprint density at radius 1 is 1.27 bits per heavy atom. The fraction of sp³-hybridized carbons (Fsp3) is 0.300. The summed E-state index contributed by atoms with van der Waals surface area (Å²) in [5, 5.41) is 3.97. The normalized spacial score (nSPS) is 17.0. The highest BCUT2D eigenvalue weighted by atomic mass is 32.1. The number of hydrogen-bond acceptors (Lipinski definition) is 5. The van der Waals surface area contributed by atoms with Crippen molar-refractivity contribution < 1.29 is 9.53 Å². The van der Waals surface area contributed by atoms with Gasteiger partial charge in [0.15, 0.2) is 0 Å². The molecule has 2 heterocycles. The van der Waals surface area contributed by atoms with E-state index in [1.165, 1.54) is 0 Å². The van der Waals surface area contributed by atoms with Crippen LogP contribution in [0.3, 0.4) is 0 Å². The van der Waals surface area contributed by atoms with Crippen LogP contribution in [0.5, 0.6) is 0 Å². The Labute approximate surface area is 156 Å². The Balaban J connectivity index is 1.45. The SMILES string of the molecule is COC1CCN(c2ccc(NC(=O)c3ccc4nc(C)sc4c3)cc2)C1. The van der Waals surface area contributed by atoms with Gasteiger partial charge in [-0.15, -0.1) is 11.3 Å². The number of aryl methyl sites for hydroxylation is 1. The fourth-order valence-corrected chi connectivity index (χ4v) is 4.16. The molecule has 4 rings (SSSR count). The van der Waals surface area contributed by atoms with Crippen LogP contribution in [0.2, 0.25) is 0 Å². The van der Waals surface area contributed by atoms with E-state index in [2.05, 4.69) is 15.2 Å². The minimum atomic E-state index is -0.105. The zero-order valence-corrected chi connectivity index (χ0v) is 15.7. The first-order valence-electron chi connectivity index (χ1n) is 8.69. The molecule has 26 heavy (non-hydrogen) atoms. The summed E-state index contributed by atoms with van der Waals surface area (Å²) < 4.78 is 6.45. The number of amides is 1. The highest BCUT2D eigenvalue weighted by molar-refractivity contribution is 7.18. The molecule has 1 aromatic heterocycles. The van der Waals surface area contributed by atoms with Crippen molar-refractivity contribution in [2.24, 2.45) is 0 Å². The van der Waals surface area contributed by atoms with Crippen LogP contribution >= 0.6 is 11.3 Å². The molecule has 3 aromatic rings. The fourth-order valence-electron chi connectivity index (χ4n) is 3.30. The van der Waals surface area contributed by atoms with Gasteiger partial charge in [0.2, 0.25) is 0 Å². The van der Waals surface area contributed by atoms with E-state index in [0.29, 0.717) is 11.7 Å². The molecule has 1 amide bonds. The predicted molar refractivity (Wildman–Crippen MR) is 106 cm³/mol. The Morgan fingerprint density at radius 2 is 2.08 bits per heavy atom. The van der Waals surface area contributed by atoms with Crippen LogP contribution in [-0.4, -0.2) is 37.2 Å². The van der Waals surface area contributed by atoms with E-state index >= 15 is 0 Å². The van der Waals surface area contributed by atoms with E-state index in [-0.39, 0.29) is 5.91 Å². The van der Waals surface area contributed by atoms with Crippen molar-refractivity contribution in [2.75, 3.05) is 30.4 Å². The largest absolute Gasteiger partial charge is 0.380 e. The van der Waals surface area contributed by atoms with Gasteiger partial charge in [-0.1, -0.05) is 0 Å². The molecule has 0 saturated carbocycles. The standard InChI is InChI=1S/C20H21N3O2S/c1-13-21-18-8-3-14(11-19(18)26-13)20(24)22-15-4-6-16(7-5-15)23-10-9-17(12-23)25-2/h3-8,11,17H,9-10,12H2,1-2H3,(H,22,24). The van der Waals surface area contributed by atoms with E-state index in [0.717, 1.165) is 46.1 Å². The Bertz CT molecular complexity index is 936. The molecule has 1 atom stereocenters. The van der Waals surface area contributed by atoms with Crippen molar-refractivity contribution in [1.29, 1.82) is 0 Å². The average Bonchev–Trinajstić information content (AvgIpc) is 3.27. The van der Waals surface area contributed by atoms with Crippen molar-refractivity contribution >= 4 is 38.8 Å². The van der Waals surface area contributed by atoms with Crippen LogP contribution in [0, 0.1) is 6.92 Å². The molecule has 5 nitrogen and oxygen atoms in total. The lowest BCUT2D eigenvalue weighted by molar-refractivity contribution is 0.102.